The zero-order chi connectivity index (χ0) is 11.5. The standard InChI is InChI=1S/C12H13ClO2S/c1-2-15-12(14)9-5-6-16-11-4-3-8(13)7-10(9)11/h3-4,7,9H,2,5-6H2,1H3. The molecule has 0 saturated carbocycles. The second-order valence-corrected chi connectivity index (χ2v) is 5.20. The lowest BCUT2D eigenvalue weighted by Crippen LogP contribution is -2.19. The quantitative estimate of drug-likeness (QED) is 0.758. The maximum Gasteiger partial charge on any atom is 0.313 e. The van der Waals surface area contributed by atoms with Crippen LogP contribution in [0.4, 0.5) is 0 Å². The molecule has 16 heavy (non-hydrogen) atoms. The number of rotatable bonds is 2. The first-order valence-electron chi connectivity index (χ1n) is 5.31. The van der Waals surface area contributed by atoms with E-state index in [4.69, 9.17) is 16.3 Å². The molecule has 0 N–H and O–H groups in total. The molecular weight excluding hydrogens is 244 g/mol. The Morgan fingerprint density at radius 3 is 3.19 bits per heavy atom. The maximum atomic E-state index is 11.8. The largest absolute Gasteiger partial charge is 0.466 e. The third-order valence-corrected chi connectivity index (χ3v) is 3.94. The Bertz CT molecular complexity index is 406. The Morgan fingerprint density at radius 2 is 2.44 bits per heavy atom. The lowest BCUT2D eigenvalue weighted by molar-refractivity contribution is -0.145. The molecule has 1 heterocycles. The van der Waals surface area contributed by atoms with E-state index in [2.05, 4.69) is 0 Å². The summed E-state index contributed by atoms with van der Waals surface area (Å²) < 4.78 is 5.09. The van der Waals surface area contributed by atoms with Crippen LogP contribution in [0.2, 0.25) is 5.02 Å². The maximum absolute atomic E-state index is 11.8. The second kappa shape index (κ2) is 5.11. The van der Waals surface area contributed by atoms with Crippen molar-refractivity contribution >= 4 is 29.3 Å². The monoisotopic (exact) mass is 256 g/mol. The van der Waals surface area contributed by atoms with Crippen LogP contribution in [0.1, 0.15) is 24.8 Å². The van der Waals surface area contributed by atoms with E-state index in [1.165, 1.54) is 0 Å². The van der Waals surface area contributed by atoms with Crippen molar-refractivity contribution in [1.29, 1.82) is 0 Å². The number of esters is 1. The molecule has 86 valence electrons. The molecular formula is C12H13ClO2S. The molecule has 4 heteroatoms. The summed E-state index contributed by atoms with van der Waals surface area (Å²) in [7, 11) is 0. The van der Waals surface area contributed by atoms with Crippen LogP contribution in [-0.4, -0.2) is 18.3 Å². The van der Waals surface area contributed by atoms with Gasteiger partial charge in [0, 0.05) is 9.92 Å². The molecule has 0 bridgehead atoms. The number of fused-ring (bicyclic) bond motifs is 1. The molecule has 0 aromatic heterocycles. The van der Waals surface area contributed by atoms with E-state index in [0.717, 1.165) is 22.6 Å². The number of hydrogen-bond acceptors (Lipinski definition) is 3. The molecule has 0 saturated heterocycles. The van der Waals surface area contributed by atoms with Gasteiger partial charge in [-0.25, -0.2) is 0 Å². The SMILES string of the molecule is CCOC(=O)C1CCSc2ccc(Cl)cc21. The average molecular weight is 257 g/mol. The third-order valence-electron chi connectivity index (χ3n) is 2.58. The van der Waals surface area contributed by atoms with E-state index >= 15 is 0 Å². The number of hydrogen-bond donors (Lipinski definition) is 0. The zero-order valence-corrected chi connectivity index (χ0v) is 10.6. The molecule has 1 aromatic rings. The van der Waals surface area contributed by atoms with Gasteiger partial charge in [0.15, 0.2) is 0 Å². The van der Waals surface area contributed by atoms with E-state index in [-0.39, 0.29) is 11.9 Å². The minimum Gasteiger partial charge on any atom is -0.466 e. The number of halogens is 1. The van der Waals surface area contributed by atoms with Gasteiger partial charge >= 0.3 is 5.97 Å². The lowest BCUT2D eigenvalue weighted by atomic mass is 9.96. The molecule has 0 spiro atoms. The van der Waals surface area contributed by atoms with Crippen molar-refractivity contribution in [3.63, 3.8) is 0 Å². The summed E-state index contributed by atoms with van der Waals surface area (Å²) in [4.78, 5) is 12.9. The van der Waals surface area contributed by atoms with Crippen molar-refractivity contribution in [1.82, 2.24) is 0 Å². The van der Waals surface area contributed by atoms with Crippen molar-refractivity contribution in [3.8, 4) is 0 Å². The topological polar surface area (TPSA) is 26.3 Å². The Hall–Kier alpha value is -0.670. The van der Waals surface area contributed by atoms with Crippen molar-refractivity contribution in [2.24, 2.45) is 0 Å². The molecule has 1 aliphatic rings. The van der Waals surface area contributed by atoms with Crippen LogP contribution >= 0.6 is 23.4 Å². The summed E-state index contributed by atoms with van der Waals surface area (Å²) >= 11 is 7.73. The van der Waals surface area contributed by atoms with Gasteiger partial charge in [0.1, 0.15) is 0 Å². The molecule has 0 fully saturated rings. The predicted molar refractivity (Wildman–Crippen MR) is 66.2 cm³/mol. The van der Waals surface area contributed by atoms with Crippen LogP contribution < -0.4 is 0 Å². The van der Waals surface area contributed by atoms with Gasteiger partial charge in [0.25, 0.3) is 0 Å². The fourth-order valence-electron chi connectivity index (χ4n) is 1.85. The second-order valence-electron chi connectivity index (χ2n) is 3.62. The number of carbonyl (C=O) groups excluding carboxylic acids is 1. The predicted octanol–water partition coefficient (Wildman–Crippen LogP) is 3.48. The molecule has 1 unspecified atom stereocenters. The van der Waals surface area contributed by atoms with Gasteiger partial charge in [-0.15, -0.1) is 11.8 Å². The van der Waals surface area contributed by atoms with Crippen LogP contribution in [-0.2, 0) is 9.53 Å². The van der Waals surface area contributed by atoms with Crippen molar-refractivity contribution in [2.75, 3.05) is 12.4 Å². The minimum atomic E-state index is -0.144. The summed E-state index contributed by atoms with van der Waals surface area (Å²) in [5, 5.41) is 0.676. The Balaban J connectivity index is 2.31. The first-order chi connectivity index (χ1) is 7.72. The van der Waals surface area contributed by atoms with Gasteiger partial charge < -0.3 is 4.74 Å². The van der Waals surface area contributed by atoms with Gasteiger partial charge in [-0.1, -0.05) is 11.6 Å². The van der Waals surface area contributed by atoms with E-state index in [0.29, 0.717) is 11.6 Å². The normalized spacial score (nSPS) is 19.0. The molecule has 2 nitrogen and oxygen atoms in total. The summed E-state index contributed by atoms with van der Waals surface area (Å²) in [6, 6.07) is 5.72. The van der Waals surface area contributed by atoms with Crippen molar-refractivity contribution < 1.29 is 9.53 Å². The van der Waals surface area contributed by atoms with Crippen LogP contribution in [0.5, 0.6) is 0 Å². The van der Waals surface area contributed by atoms with E-state index in [1.54, 1.807) is 11.8 Å². The summed E-state index contributed by atoms with van der Waals surface area (Å²) in [6.45, 7) is 2.26. The number of benzene rings is 1. The van der Waals surface area contributed by atoms with E-state index in [9.17, 15) is 4.79 Å². The summed E-state index contributed by atoms with van der Waals surface area (Å²) in [5.41, 5.74) is 1.02. The fraction of sp³-hybridized carbons (Fsp3) is 0.417. The minimum absolute atomic E-state index is 0.133. The van der Waals surface area contributed by atoms with Gasteiger partial charge in [-0.3, -0.25) is 4.79 Å². The number of ether oxygens (including phenoxy) is 1. The molecule has 1 aromatic carbocycles. The highest BCUT2D eigenvalue weighted by Crippen LogP contribution is 2.39. The Morgan fingerprint density at radius 1 is 1.62 bits per heavy atom. The number of thioether (sulfide) groups is 1. The van der Waals surface area contributed by atoms with Gasteiger partial charge in [0.2, 0.25) is 0 Å². The van der Waals surface area contributed by atoms with Gasteiger partial charge in [0.05, 0.1) is 12.5 Å². The molecule has 0 aliphatic carbocycles. The average Bonchev–Trinajstić information content (AvgIpc) is 2.28. The summed E-state index contributed by atoms with van der Waals surface area (Å²) in [6.07, 6.45) is 0.830. The van der Waals surface area contributed by atoms with E-state index in [1.807, 2.05) is 25.1 Å². The summed E-state index contributed by atoms with van der Waals surface area (Å²) in [5.74, 6) is 0.680. The molecule has 0 amide bonds. The van der Waals surface area contributed by atoms with Crippen molar-refractivity contribution in [2.45, 2.75) is 24.2 Å². The first-order valence-corrected chi connectivity index (χ1v) is 6.67. The van der Waals surface area contributed by atoms with Crippen LogP contribution in [0.15, 0.2) is 23.1 Å². The Kier molecular flexibility index (Phi) is 3.77. The van der Waals surface area contributed by atoms with Crippen LogP contribution in [0, 0.1) is 0 Å². The Labute approximate surface area is 104 Å². The van der Waals surface area contributed by atoms with Crippen molar-refractivity contribution in [3.05, 3.63) is 28.8 Å². The number of carbonyl (C=O) groups is 1. The molecule has 1 atom stereocenters. The van der Waals surface area contributed by atoms with Crippen LogP contribution in [0.3, 0.4) is 0 Å². The fourth-order valence-corrected chi connectivity index (χ4v) is 3.14. The first kappa shape index (κ1) is 11.8. The van der Waals surface area contributed by atoms with E-state index < -0.39 is 0 Å². The van der Waals surface area contributed by atoms with Gasteiger partial charge in [-0.05, 0) is 42.9 Å². The third kappa shape index (κ3) is 2.36. The molecule has 2 rings (SSSR count). The molecule has 1 aliphatic heterocycles. The zero-order valence-electron chi connectivity index (χ0n) is 9.03. The highest BCUT2D eigenvalue weighted by atomic mass is 35.5. The smallest absolute Gasteiger partial charge is 0.313 e. The van der Waals surface area contributed by atoms with Gasteiger partial charge in [-0.2, -0.15) is 0 Å². The van der Waals surface area contributed by atoms with Crippen LogP contribution in [0.25, 0.3) is 0 Å². The lowest BCUT2D eigenvalue weighted by Gasteiger charge is -2.23. The highest BCUT2D eigenvalue weighted by Gasteiger charge is 2.28. The highest BCUT2D eigenvalue weighted by molar-refractivity contribution is 7.99. The molecule has 0 radical (unpaired) electrons.